The monoisotopic (exact) mass is 506 g/mol. The average molecular weight is 507 g/mol. The van der Waals surface area contributed by atoms with Crippen molar-refractivity contribution in [2.45, 2.75) is 33.8 Å². The molecule has 0 aromatic heterocycles. The molecule has 0 unspecified atom stereocenters. The fourth-order valence-corrected chi connectivity index (χ4v) is 3.71. The van der Waals surface area contributed by atoms with E-state index < -0.39 is 17.8 Å². The third kappa shape index (κ3) is 6.61. The minimum absolute atomic E-state index is 0.00343. The Labute approximate surface area is 214 Å². The van der Waals surface area contributed by atoms with Crippen LogP contribution in [0.3, 0.4) is 0 Å². The van der Waals surface area contributed by atoms with Crippen LogP contribution in [0.15, 0.2) is 59.2 Å². The number of carbonyl (C=O) groups is 3. The molecule has 0 fully saturated rings. The molecule has 9 heteroatoms. The van der Waals surface area contributed by atoms with E-state index in [-0.39, 0.29) is 48.7 Å². The third-order valence-corrected chi connectivity index (χ3v) is 5.58. The topological polar surface area (TPSA) is 106 Å². The van der Waals surface area contributed by atoms with Crippen molar-refractivity contribution in [3.05, 3.63) is 76.1 Å². The van der Waals surface area contributed by atoms with Gasteiger partial charge in [-0.3, -0.25) is 19.3 Å². The van der Waals surface area contributed by atoms with Gasteiger partial charge in [-0.1, -0.05) is 24.3 Å². The summed E-state index contributed by atoms with van der Waals surface area (Å²) < 4.78 is 30.3. The third-order valence-electron chi connectivity index (χ3n) is 5.58. The second-order valence-corrected chi connectivity index (χ2v) is 8.14. The van der Waals surface area contributed by atoms with Gasteiger partial charge in [0.1, 0.15) is 24.1 Å². The first-order valence-electron chi connectivity index (χ1n) is 11.7. The highest BCUT2D eigenvalue weighted by molar-refractivity contribution is 6.19. The Morgan fingerprint density at radius 3 is 2.54 bits per heavy atom. The summed E-state index contributed by atoms with van der Waals surface area (Å²) in [5.41, 5.74) is 1.30. The number of hydrogen-bond donors (Lipinski definition) is 0. The van der Waals surface area contributed by atoms with E-state index in [9.17, 15) is 24.0 Å². The molecule has 8 nitrogen and oxygen atoms in total. The maximum atomic E-state index is 14.0. The highest BCUT2D eigenvalue weighted by Gasteiger charge is 2.35. The quantitative estimate of drug-likeness (QED) is 0.204. The van der Waals surface area contributed by atoms with Crippen LogP contribution in [0, 0.1) is 17.1 Å². The molecule has 0 aliphatic carbocycles. The van der Waals surface area contributed by atoms with Gasteiger partial charge < -0.3 is 14.2 Å². The Morgan fingerprint density at radius 2 is 1.86 bits per heavy atom. The zero-order chi connectivity index (χ0) is 26.9. The van der Waals surface area contributed by atoms with Crippen molar-refractivity contribution in [2.24, 2.45) is 0 Å². The van der Waals surface area contributed by atoms with Crippen LogP contribution in [0.4, 0.5) is 4.39 Å². The maximum Gasteiger partial charge on any atom is 0.302 e. The molecular formula is C28H27FN2O6. The number of carbonyl (C=O) groups excluding carboxylic acids is 3. The van der Waals surface area contributed by atoms with Crippen LogP contribution in [0.2, 0.25) is 0 Å². The first kappa shape index (κ1) is 27.1. The molecule has 0 radical (unpaired) electrons. The highest BCUT2D eigenvalue weighted by atomic mass is 19.1. The van der Waals surface area contributed by atoms with Crippen LogP contribution in [0.1, 0.15) is 38.3 Å². The van der Waals surface area contributed by atoms with Gasteiger partial charge in [-0.25, -0.2) is 4.39 Å². The van der Waals surface area contributed by atoms with Crippen molar-refractivity contribution < 1.29 is 33.0 Å². The molecule has 0 spiro atoms. The Bertz CT molecular complexity index is 1310. The van der Waals surface area contributed by atoms with Crippen LogP contribution in [-0.4, -0.2) is 42.4 Å². The summed E-state index contributed by atoms with van der Waals surface area (Å²) in [7, 11) is 0. The zero-order valence-electron chi connectivity index (χ0n) is 20.9. The van der Waals surface area contributed by atoms with Gasteiger partial charge in [0.05, 0.1) is 13.2 Å². The lowest BCUT2D eigenvalue weighted by atomic mass is 9.93. The lowest BCUT2D eigenvalue weighted by molar-refractivity contribution is -0.141. The van der Waals surface area contributed by atoms with Crippen LogP contribution >= 0.6 is 0 Å². The van der Waals surface area contributed by atoms with Gasteiger partial charge in [-0.2, -0.15) is 5.26 Å². The molecule has 0 atom stereocenters. The molecule has 0 saturated heterocycles. The standard InChI is InChI=1S/C28H27FN2O6/c1-4-35-26-15-20(10-11-25(26)37-17-21-8-5-6-9-24(21)29)14-22-18(2)23(16-30)28(34)31(27(22)33)12-7-13-36-19(3)32/h5-6,8-11,14-15H,4,7,12-13,17H2,1-3H3/b22-14+. The molecule has 2 aromatic carbocycles. The Morgan fingerprint density at radius 1 is 1.11 bits per heavy atom. The van der Waals surface area contributed by atoms with E-state index in [1.165, 1.54) is 13.0 Å². The number of amides is 2. The second-order valence-electron chi connectivity index (χ2n) is 8.14. The minimum atomic E-state index is -0.683. The summed E-state index contributed by atoms with van der Waals surface area (Å²) in [5, 5.41) is 9.56. The molecule has 1 aliphatic heterocycles. The predicted octanol–water partition coefficient (Wildman–Crippen LogP) is 4.35. The first-order valence-corrected chi connectivity index (χ1v) is 11.7. The summed E-state index contributed by atoms with van der Waals surface area (Å²) in [5.74, 6) is -1.28. The van der Waals surface area contributed by atoms with Gasteiger partial charge in [-0.05, 0) is 55.7 Å². The smallest absolute Gasteiger partial charge is 0.302 e. The lowest BCUT2D eigenvalue weighted by Gasteiger charge is -2.27. The predicted molar refractivity (Wildman–Crippen MR) is 133 cm³/mol. The van der Waals surface area contributed by atoms with Crippen molar-refractivity contribution >= 4 is 23.9 Å². The SMILES string of the molecule is CCOc1cc(/C=C2/C(=O)N(CCCOC(C)=O)C(=O)C(C#N)=C2C)ccc1OCc1ccccc1F. The fraction of sp³-hybridized carbons (Fsp3) is 0.286. The Kier molecular flexibility index (Phi) is 9.16. The van der Waals surface area contributed by atoms with E-state index in [2.05, 4.69) is 0 Å². The number of nitrogens with zero attached hydrogens (tertiary/aromatic N) is 2. The van der Waals surface area contributed by atoms with Crippen molar-refractivity contribution in [1.82, 2.24) is 4.90 Å². The number of imide groups is 1. The van der Waals surface area contributed by atoms with E-state index in [4.69, 9.17) is 14.2 Å². The van der Waals surface area contributed by atoms with Crippen molar-refractivity contribution in [3.63, 3.8) is 0 Å². The summed E-state index contributed by atoms with van der Waals surface area (Å²) >= 11 is 0. The molecule has 2 aromatic rings. The van der Waals surface area contributed by atoms with Crippen molar-refractivity contribution in [3.8, 4) is 17.6 Å². The highest BCUT2D eigenvalue weighted by Crippen LogP contribution is 2.32. The number of halogens is 1. The maximum absolute atomic E-state index is 14.0. The molecule has 1 aliphatic rings. The van der Waals surface area contributed by atoms with E-state index >= 15 is 0 Å². The summed E-state index contributed by atoms with van der Waals surface area (Å²) in [6.45, 7) is 5.01. The van der Waals surface area contributed by atoms with Gasteiger partial charge >= 0.3 is 5.97 Å². The summed E-state index contributed by atoms with van der Waals surface area (Å²) in [6, 6.07) is 13.2. The second kappa shape index (κ2) is 12.5. The van der Waals surface area contributed by atoms with Gasteiger partial charge in [0, 0.05) is 24.6 Å². The van der Waals surface area contributed by atoms with Crippen LogP contribution in [0.25, 0.3) is 6.08 Å². The van der Waals surface area contributed by atoms with E-state index in [0.717, 1.165) is 4.90 Å². The molecule has 37 heavy (non-hydrogen) atoms. The largest absolute Gasteiger partial charge is 0.490 e. The molecular weight excluding hydrogens is 479 g/mol. The van der Waals surface area contributed by atoms with Crippen LogP contribution < -0.4 is 9.47 Å². The first-order chi connectivity index (χ1) is 17.8. The summed E-state index contributed by atoms with van der Waals surface area (Å²) in [4.78, 5) is 37.9. The van der Waals surface area contributed by atoms with Gasteiger partial charge in [0.25, 0.3) is 11.8 Å². The Hall–Kier alpha value is -4.45. The van der Waals surface area contributed by atoms with Gasteiger partial charge in [0.15, 0.2) is 11.5 Å². The van der Waals surface area contributed by atoms with Crippen LogP contribution in [0.5, 0.6) is 11.5 Å². The lowest BCUT2D eigenvalue weighted by Crippen LogP contribution is -2.43. The number of esters is 1. The van der Waals surface area contributed by atoms with Crippen LogP contribution in [-0.2, 0) is 25.7 Å². The van der Waals surface area contributed by atoms with Crippen molar-refractivity contribution in [1.29, 1.82) is 5.26 Å². The molecule has 192 valence electrons. The molecule has 1 heterocycles. The average Bonchev–Trinajstić information content (AvgIpc) is 2.87. The van der Waals surface area contributed by atoms with Gasteiger partial charge in [0.2, 0.25) is 0 Å². The molecule has 0 N–H and O–H groups in total. The number of rotatable bonds is 10. The van der Waals surface area contributed by atoms with E-state index in [1.807, 2.05) is 13.0 Å². The number of nitriles is 1. The molecule has 2 amide bonds. The Balaban J connectivity index is 1.89. The van der Waals surface area contributed by atoms with E-state index in [0.29, 0.717) is 29.2 Å². The van der Waals surface area contributed by atoms with Gasteiger partial charge in [-0.15, -0.1) is 0 Å². The van der Waals surface area contributed by atoms with Crippen molar-refractivity contribution in [2.75, 3.05) is 19.8 Å². The normalized spacial score (nSPS) is 14.6. The summed E-state index contributed by atoms with van der Waals surface area (Å²) in [6.07, 6.45) is 1.81. The minimum Gasteiger partial charge on any atom is -0.490 e. The van der Waals surface area contributed by atoms with E-state index in [1.54, 1.807) is 49.4 Å². The molecule has 0 saturated carbocycles. The number of benzene rings is 2. The molecule has 3 rings (SSSR count). The molecule has 0 bridgehead atoms. The fourth-order valence-electron chi connectivity index (χ4n) is 3.71. The number of ether oxygens (including phenoxy) is 3. The number of hydrogen-bond acceptors (Lipinski definition) is 7. The zero-order valence-corrected chi connectivity index (χ0v) is 20.9.